The maximum atomic E-state index is 11.6. The number of carbonyl (C=O) groups is 3. The molecule has 0 saturated heterocycles. The normalized spacial score (nSPS) is 11.7. The van der Waals surface area contributed by atoms with Crippen molar-refractivity contribution in [2.75, 3.05) is 20.1 Å². The fraction of sp³-hybridized carbons (Fsp3) is 0.727. The van der Waals surface area contributed by atoms with E-state index in [9.17, 15) is 14.4 Å². The highest BCUT2D eigenvalue weighted by Crippen LogP contribution is 2.08. The van der Waals surface area contributed by atoms with Gasteiger partial charge in [0.25, 0.3) is 0 Å². The third-order valence-corrected chi connectivity index (χ3v) is 2.23. The summed E-state index contributed by atoms with van der Waals surface area (Å²) < 4.78 is 0. The van der Waals surface area contributed by atoms with Gasteiger partial charge in [-0.05, 0) is 12.8 Å². The van der Waals surface area contributed by atoms with E-state index in [1.807, 2.05) is 0 Å². The molecule has 2 amide bonds. The van der Waals surface area contributed by atoms with Gasteiger partial charge in [-0.15, -0.1) is 0 Å². The number of likely N-dealkylation sites (N-methyl/N-ethyl adjacent to an activating group) is 2. The van der Waals surface area contributed by atoms with Crippen LogP contribution in [0.1, 0.15) is 26.7 Å². The van der Waals surface area contributed by atoms with E-state index in [2.05, 4.69) is 5.32 Å². The zero-order valence-corrected chi connectivity index (χ0v) is 10.5. The minimum absolute atomic E-state index is 0.00641. The Balaban J connectivity index is 4.04. The fourth-order valence-corrected chi connectivity index (χ4v) is 1.38. The van der Waals surface area contributed by atoms with E-state index >= 15 is 0 Å². The van der Waals surface area contributed by atoms with Gasteiger partial charge in [-0.3, -0.25) is 14.4 Å². The summed E-state index contributed by atoms with van der Waals surface area (Å²) >= 11 is 0. The Morgan fingerprint density at radius 3 is 2.35 bits per heavy atom. The third kappa shape index (κ3) is 7.32. The van der Waals surface area contributed by atoms with E-state index in [1.165, 1.54) is 11.9 Å². The molecule has 0 spiro atoms. The van der Waals surface area contributed by atoms with Crippen LogP contribution in [0.25, 0.3) is 0 Å². The van der Waals surface area contributed by atoms with Crippen molar-refractivity contribution in [3.63, 3.8) is 0 Å². The van der Waals surface area contributed by atoms with Gasteiger partial charge in [0.1, 0.15) is 0 Å². The summed E-state index contributed by atoms with van der Waals surface area (Å²) in [6.07, 6.45) is 0.100. The molecule has 0 aliphatic heterocycles. The summed E-state index contributed by atoms with van der Waals surface area (Å²) in [7, 11) is 1.53. The minimum Gasteiger partial charge on any atom is -0.481 e. The molecule has 0 fully saturated rings. The second kappa shape index (κ2) is 7.65. The topological polar surface area (TPSA) is 86.7 Å². The largest absolute Gasteiger partial charge is 0.481 e. The van der Waals surface area contributed by atoms with E-state index in [1.54, 1.807) is 13.8 Å². The number of nitrogens with zero attached hydrogens (tertiary/aromatic N) is 1. The van der Waals surface area contributed by atoms with Gasteiger partial charge >= 0.3 is 5.97 Å². The summed E-state index contributed by atoms with van der Waals surface area (Å²) in [4.78, 5) is 34.6. The van der Waals surface area contributed by atoms with Crippen LogP contribution >= 0.6 is 0 Å². The summed E-state index contributed by atoms with van der Waals surface area (Å²) in [5, 5.41) is 11.2. The molecule has 0 aromatic carbocycles. The number of carboxylic acids is 1. The highest BCUT2D eigenvalue weighted by molar-refractivity contribution is 5.84. The van der Waals surface area contributed by atoms with Crippen molar-refractivity contribution in [1.29, 1.82) is 0 Å². The summed E-state index contributed by atoms with van der Waals surface area (Å²) in [5.74, 6) is -1.58. The predicted octanol–water partition coefficient (Wildman–Crippen LogP) is 0.0818. The third-order valence-electron chi connectivity index (χ3n) is 2.23. The van der Waals surface area contributed by atoms with Crippen LogP contribution in [-0.4, -0.2) is 47.9 Å². The number of carboxylic acid groups (broad SMARTS) is 1. The Morgan fingerprint density at radius 2 is 1.88 bits per heavy atom. The Morgan fingerprint density at radius 1 is 1.29 bits per heavy atom. The molecule has 1 unspecified atom stereocenters. The lowest BCUT2D eigenvalue weighted by Crippen LogP contribution is -2.38. The lowest BCUT2D eigenvalue weighted by molar-refractivity contribution is -0.139. The molecular formula is C11H20N2O4. The molecule has 98 valence electrons. The first-order valence-electron chi connectivity index (χ1n) is 5.59. The van der Waals surface area contributed by atoms with Crippen molar-refractivity contribution < 1.29 is 19.5 Å². The molecule has 2 N–H and O–H groups in total. The second-order valence-electron chi connectivity index (χ2n) is 4.11. The maximum absolute atomic E-state index is 11.6. The van der Waals surface area contributed by atoms with Crippen molar-refractivity contribution >= 4 is 17.8 Å². The van der Waals surface area contributed by atoms with Crippen LogP contribution in [0.2, 0.25) is 0 Å². The lowest BCUT2D eigenvalue weighted by Gasteiger charge is -2.18. The molecule has 0 aromatic rings. The van der Waals surface area contributed by atoms with Gasteiger partial charge in [0.15, 0.2) is 0 Å². The molecule has 6 heteroatoms. The zero-order valence-electron chi connectivity index (χ0n) is 10.5. The Bertz CT molecular complexity index is 291. The number of hydrogen-bond donors (Lipinski definition) is 2. The highest BCUT2D eigenvalue weighted by Gasteiger charge is 2.17. The summed E-state index contributed by atoms with van der Waals surface area (Å²) in [5.41, 5.74) is 0. The minimum atomic E-state index is -0.920. The van der Waals surface area contributed by atoms with E-state index in [0.717, 1.165) is 0 Å². The highest BCUT2D eigenvalue weighted by atomic mass is 16.4. The van der Waals surface area contributed by atoms with Crippen LogP contribution in [0.3, 0.4) is 0 Å². The van der Waals surface area contributed by atoms with Gasteiger partial charge in [-0.1, -0.05) is 6.92 Å². The summed E-state index contributed by atoms with van der Waals surface area (Å²) in [6, 6.07) is 0. The second-order valence-corrected chi connectivity index (χ2v) is 4.11. The molecular weight excluding hydrogens is 224 g/mol. The summed E-state index contributed by atoms with van der Waals surface area (Å²) in [6.45, 7) is 4.03. The Labute approximate surface area is 101 Å². The first-order valence-corrected chi connectivity index (χ1v) is 5.59. The van der Waals surface area contributed by atoms with E-state index in [4.69, 9.17) is 5.11 Å². The van der Waals surface area contributed by atoms with Gasteiger partial charge in [0.05, 0.1) is 6.54 Å². The molecule has 0 aliphatic carbocycles. The number of nitrogens with one attached hydrogen (secondary N) is 1. The molecule has 0 rings (SSSR count). The van der Waals surface area contributed by atoms with Crippen LogP contribution in [0, 0.1) is 5.92 Å². The quantitative estimate of drug-likeness (QED) is 0.664. The Kier molecular flexibility index (Phi) is 6.93. The van der Waals surface area contributed by atoms with E-state index in [0.29, 0.717) is 6.54 Å². The average molecular weight is 244 g/mol. The van der Waals surface area contributed by atoms with E-state index < -0.39 is 5.97 Å². The molecule has 0 aromatic heterocycles. The number of rotatable bonds is 7. The smallest absolute Gasteiger partial charge is 0.303 e. The van der Waals surface area contributed by atoms with Gasteiger partial charge in [-0.25, -0.2) is 0 Å². The molecule has 1 atom stereocenters. The van der Waals surface area contributed by atoms with E-state index in [-0.39, 0.29) is 37.1 Å². The van der Waals surface area contributed by atoms with Crippen molar-refractivity contribution in [2.24, 2.45) is 5.92 Å². The first-order chi connectivity index (χ1) is 7.86. The van der Waals surface area contributed by atoms with Crippen LogP contribution < -0.4 is 5.32 Å². The lowest BCUT2D eigenvalue weighted by atomic mass is 10.0. The molecule has 0 saturated carbocycles. The van der Waals surface area contributed by atoms with Crippen molar-refractivity contribution in [2.45, 2.75) is 26.7 Å². The zero-order chi connectivity index (χ0) is 13.4. The SMILES string of the molecule is CCNC(=O)CN(C)C(=O)CC(C)CC(=O)O. The van der Waals surface area contributed by atoms with Crippen LogP contribution in [0.15, 0.2) is 0 Å². The first kappa shape index (κ1) is 15.4. The van der Waals surface area contributed by atoms with Gasteiger partial charge < -0.3 is 15.3 Å². The van der Waals surface area contributed by atoms with Gasteiger partial charge in [0, 0.05) is 26.4 Å². The molecule has 17 heavy (non-hydrogen) atoms. The number of aliphatic carboxylic acids is 1. The van der Waals surface area contributed by atoms with Gasteiger partial charge in [-0.2, -0.15) is 0 Å². The maximum Gasteiger partial charge on any atom is 0.303 e. The van der Waals surface area contributed by atoms with Crippen molar-refractivity contribution in [3.8, 4) is 0 Å². The molecule has 0 bridgehead atoms. The predicted molar refractivity (Wildman–Crippen MR) is 62.4 cm³/mol. The standard InChI is InChI=1S/C11H20N2O4/c1-4-12-9(14)7-13(3)10(15)5-8(2)6-11(16)17/h8H,4-7H2,1-3H3,(H,12,14)(H,16,17). The van der Waals surface area contributed by atoms with Gasteiger partial charge in [0.2, 0.25) is 11.8 Å². The fourth-order valence-electron chi connectivity index (χ4n) is 1.38. The Hall–Kier alpha value is -1.59. The molecule has 0 aliphatic rings. The van der Waals surface area contributed by atoms with Crippen LogP contribution in [0.4, 0.5) is 0 Å². The molecule has 0 heterocycles. The molecule has 0 radical (unpaired) electrons. The number of hydrogen-bond acceptors (Lipinski definition) is 3. The van der Waals surface area contributed by atoms with Crippen molar-refractivity contribution in [1.82, 2.24) is 10.2 Å². The van der Waals surface area contributed by atoms with Crippen molar-refractivity contribution in [3.05, 3.63) is 0 Å². The number of carbonyl (C=O) groups excluding carboxylic acids is 2. The monoisotopic (exact) mass is 244 g/mol. The van der Waals surface area contributed by atoms with Crippen LogP contribution in [-0.2, 0) is 14.4 Å². The van der Waals surface area contributed by atoms with Crippen LogP contribution in [0.5, 0.6) is 0 Å². The molecule has 6 nitrogen and oxygen atoms in total. The average Bonchev–Trinajstić information content (AvgIpc) is 2.15. The number of amides is 2.